The number of ether oxygens (including phenoxy) is 1. The number of amides is 1. The van der Waals surface area contributed by atoms with Gasteiger partial charge >= 0.3 is 0 Å². The highest BCUT2D eigenvalue weighted by Crippen LogP contribution is 2.20. The van der Waals surface area contributed by atoms with Crippen molar-refractivity contribution < 1.29 is 9.53 Å². The zero-order valence-electron chi connectivity index (χ0n) is 11.4. The number of nitrogens with zero attached hydrogens (tertiary/aromatic N) is 1. The van der Waals surface area contributed by atoms with E-state index >= 15 is 0 Å². The molecule has 0 saturated carbocycles. The van der Waals surface area contributed by atoms with E-state index in [0.717, 1.165) is 32.4 Å². The number of hydrogen-bond donors (Lipinski definition) is 2. The smallest absolute Gasteiger partial charge is 0.249 e. The number of nitrogens with one attached hydrogen (secondary N) is 1. The molecule has 2 unspecified atom stereocenters. The molecular formula is C13H23N3O2S. The molecule has 0 spiro atoms. The molecule has 5 nitrogen and oxygen atoms in total. The molecule has 19 heavy (non-hydrogen) atoms. The van der Waals surface area contributed by atoms with Crippen LogP contribution in [0.1, 0.15) is 26.2 Å². The summed E-state index contributed by atoms with van der Waals surface area (Å²) in [6, 6.07) is 0.256. The highest BCUT2D eigenvalue weighted by molar-refractivity contribution is 7.80. The Hall–Kier alpha value is -0.720. The van der Waals surface area contributed by atoms with Crippen LogP contribution in [0.5, 0.6) is 0 Å². The fourth-order valence-electron chi connectivity index (χ4n) is 2.77. The topological polar surface area (TPSA) is 67.6 Å². The third-order valence-electron chi connectivity index (χ3n) is 3.96. The molecule has 0 aromatic carbocycles. The lowest BCUT2D eigenvalue weighted by atomic mass is 10.0. The highest BCUT2D eigenvalue weighted by atomic mass is 32.1. The normalized spacial score (nSPS) is 29.3. The van der Waals surface area contributed by atoms with Gasteiger partial charge in [0, 0.05) is 32.3 Å². The van der Waals surface area contributed by atoms with Gasteiger partial charge in [-0.25, -0.2) is 0 Å². The van der Waals surface area contributed by atoms with Gasteiger partial charge in [0.25, 0.3) is 0 Å². The summed E-state index contributed by atoms with van der Waals surface area (Å²) in [4.78, 5) is 14.9. The summed E-state index contributed by atoms with van der Waals surface area (Å²) in [6.45, 7) is 5.32. The lowest BCUT2D eigenvalue weighted by molar-refractivity contribution is -0.132. The Morgan fingerprint density at radius 1 is 1.42 bits per heavy atom. The van der Waals surface area contributed by atoms with Gasteiger partial charge in [-0.1, -0.05) is 19.1 Å². The number of likely N-dealkylation sites (tertiary alicyclic amines) is 1. The summed E-state index contributed by atoms with van der Waals surface area (Å²) in [5.74, 6) is 0.382. The second kappa shape index (κ2) is 6.63. The first-order valence-corrected chi connectivity index (χ1v) is 7.39. The van der Waals surface area contributed by atoms with Crippen molar-refractivity contribution in [2.45, 2.75) is 38.3 Å². The first-order valence-electron chi connectivity index (χ1n) is 6.99. The van der Waals surface area contributed by atoms with Crippen LogP contribution in [0.4, 0.5) is 0 Å². The molecule has 0 bridgehead atoms. The van der Waals surface area contributed by atoms with Gasteiger partial charge in [0.15, 0.2) is 0 Å². The van der Waals surface area contributed by atoms with Crippen LogP contribution >= 0.6 is 12.2 Å². The van der Waals surface area contributed by atoms with Crippen LogP contribution in [0.3, 0.4) is 0 Å². The van der Waals surface area contributed by atoms with E-state index in [1.807, 2.05) is 0 Å². The van der Waals surface area contributed by atoms with Crippen molar-refractivity contribution in [2.24, 2.45) is 11.7 Å². The van der Waals surface area contributed by atoms with E-state index < -0.39 is 0 Å². The summed E-state index contributed by atoms with van der Waals surface area (Å²) >= 11 is 4.91. The third-order valence-corrected chi connectivity index (χ3v) is 4.09. The molecule has 2 aliphatic rings. The van der Waals surface area contributed by atoms with Crippen molar-refractivity contribution in [1.29, 1.82) is 0 Å². The number of piperidine rings is 1. The van der Waals surface area contributed by atoms with Crippen LogP contribution in [-0.2, 0) is 9.53 Å². The molecule has 6 heteroatoms. The van der Waals surface area contributed by atoms with E-state index in [1.54, 1.807) is 0 Å². The summed E-state index contributed by atoms with van der Waals surface area (Å²) in [5.41, 5.74) is 5.54. The molecule has 0 aromatic rings. The molecular weight excluding hydrogens is 262 g/mol. The Balaban J connectivity index is 1.73. The first-order chi connectivity index (χ1) is 9.06. The first kappa shape index (κ1) is 14.7. The van der Waals surface area contributed by atoms with Gasteiger partial charge in [-0.05, 0) is 25.2 Å². The highest BCUT2D eigenvalue weighted by Gasteiger charge is 2.32. The van der Waals surface area contributed by atoms with Crippen molar-refractivity contribution in [1.82, 2.24) is 10.2 Å². The Labute approximate surface area is 119 Å². The summed E-state index contributed by atoms with van der Waals surface area (Å²) < 4.78 is 5.49. The second-order valence-corrected chi connectivity index (χ2v) is 6.11. The summed E-state index contributed by atoms with van der Waals surface area (Å²) in [7, 11) is 0. The van der Waals surface area contributed by atoms with Gasteiger partial charge in [0.05, 0.1) is 4.99 Å². The SMILES string of the molecule is CC1CCOC1C(=O)NC1CCN(CC(N)=S)CC1. The van der Waals surface area contributed by atoms with Crippen LogP contribution in [-0.4, -0.2) is 54.2 Å². The predicted molar refractivity (Wildman–Crippen MR) is 77.9 cm³/mol. The average Bonchev–Trinajstić information content (AvgIpc) is 2.77. The average molecular weight is 285 g/mol. The largest absolute Gasteiger partial charge is 0.392 e. The summed E-state index contributed by atoms with van der Waals surface area (Å²) in [5, 5.41) is 3.11. The minimum Gasteiger partial charge on any atom is -0.392 e. The number of carbonyl (C=O) groups excluding carboxylic acids is 1. The van der Waals surface area contributed by atoms with Gasteiger partial charge in [-0.3, -0.25) is 9.69 Å². The Morgan fingerprint density at radius 2 is 2.11 bits per heavy atom. The molecule has 1 amide bonds. The number of carbonyl (C=O) groups is 1. The standard InChI is InChI=1S/C13H23N3O2S/c1-9-4-7-18-12(9)13(17)15-10-2-5-16(6-3-10)8-11(14)19/h9-10,12H,2-8H2,1H3,(H2,14,19)(H,15,17). The number of nitrogens with two attached hydrogens (primary N) is 1. The molecule has 0 aromatic heterocycles. The molecule has 2 saturated heterocycles. The maximum Gasteiger partial charge on any atom is 0.249 e. The maximum absolute atomic E-state index is 12.1. The van der Waals surface area contributed by atoms with Crippen LogP contribution in [0.25, 0.3) is 0 Å². The van der Waals surface area contributed by atoms with Gasteiger partial charge in [-0.2, -0.15) is 0 Å². The van der Waals surface area contributed by atoms with E-state index in [-0.39, 0.29) is 18.1 Å². The van der Waals surface area contributed by atoms with Crippen LogP contribution in [0, 0.1) is 5.92 Å². The minimum absolute atomic E-state index is 0.0535. The Kier molecular flexibility index (Phi) is 5.13. The Bertz CT molecular complexity index is 343. The lowest BCUT2D eigenvalue weighted by Gasteiger charge is -2.32. The van der Waals surface area contributed by atoms with Crippen molar-refractivity contribution >= 4 is 23.1 Å². The number of thiocarbonyl (C=S) groups is 1. The number of rotatable bonds is 4. The monoisotopic (exact) mass is 285 g/mol. The molecule has 0 radical (unpaired) electrons. The van der Waals surface area contributed by atoms with Crippen molar-refractivity contribution in [3.05, 3.63) is 0 Å². The van der Waals surface area contributed by atoms with Crippen LogP contribution in [0.15, 0.2) is 0 Å². The van der Waals surface area contributed by atoms with Crippen molar-refractivity contribution in [2.75, 3.05) is 26.2 Å². The predicted octanol–water partition coefficient (Wildman–Crippen LogP) is 0.278. The van der Waals surface area contributed by atoms with Crippen LogP contribution in [0.2, 0.25) is 0 Å². The molecule has 0 aliphatic carbocycles. The van der Waals surface area contributed by atoms with E-state index in [9.17, 15) is 4.79 Å². The van der Waals surface area contributed by atoms with Crippen molar-refractivity contribution in [3.8, 4) is 0 Å². The van der Waals surface area contributed by atoms with Gasteiger partial charge in [0.2, 0.25) is 5.91 Å². The molecule has 2 rings (SSSR count). The fraction of sp³-hybridized carbons (Fsp3) is 0.846. The molecule has 2 atom stereocenters. The van der Waals surface area contributed by atoms with Gasteiger partial charge in [-0.15, -0.1) is 0 Å². The number of hydrogen-bond acceptors (Lipinski definition) is 4. The summed E-state index contributed by atoms with van der Waals surface area (Å²) in [6.07, 6.45) is 2.63. The second-order valence-electron chi connectivity index (χ2n) is 5.58. The van der Waals surface area contributed by atoms with E-state index in [2.05, 4.69) is 17.1 Å². The zero-order valence-corrected chi connectivity index (χ0v) is 12.2. The van der Waals surface area contributed by atoms with Crippen LogP contribution < -0.4 is 11.1 Å². The molecule has 3 N–H and O–H groups in total. The zero-order chi connectivity index (χ0) is 13.8. The maximum atomic E-state index is 12.1. The quantitative estimate of drug-likeness (QED) is 0.726. The van der Waals surface area contributed by atoms with E-state index in [1.165, 1.54) is 0 Å². The van der Waals surface area contributed by atoms with Gasteiger partial charge < -0.3 is 15.8 Å². The lowest BCUT2D eigenvalue weighted by Crippen LogP contribution is -2.49. The minimum atomic E-state index is -0.255. The van der Waals surface area contributed by atoms with Gasteiger partial charge in [0.1, 0.15) is 6.10 Å². The van der Waals surface area contributed by atoms with Crippen molar-refractivity contribution in [3.63, 3.8) is 0 Å². The molecule has 2 heterocycles. The third kappa shape index (κ3) is 4.12. The molecule has 2 fully saturated rings. The van der Waals surface area contributed by atoms with E-state index in [0.29, 0.717) is 24.1 Å². The Morgan fingerprint density at radius 3 is 2.63 bits per heavy atom. The van der Waals surface area contributed by atoms with E-state index in [4.69, 9.17) is 22.7 Å². The molecule has 108 valence electrons. The molecule has 2 aliphatic heterocycles. The fourth-order valence-corrected chi connectivity index (χ4v) is 2.95.